The predicted molar refractivity (Wildman–Crippen MR) is 96.5 cm³/mol. The van der Waals surface area contributed by atoms with Gasteiger partial charge in [0.05, 0.1) is 13.2 Å². The zero-order chi connectivity index (χ0) is 16.9. The number of hydrogen-bond acceptors (Lipinski definition) is 2. The third kappa shape index (κ3) is 3.90. The van der Waals surface area contributed by atoms with Crippen molar-refractivity contribution in [2.75, 3.05) is 13.7 Å². The van der Waals surface area contributed by atoms with Gasteiger partial charge >= 0.3 is 0 Å². The molecule has 1 fully saturated rings. The molecule has 3 rings (SSSR count). The van der Waals surface area contributed by atoms with E-state index in [1.807, 2.05) is 53.4 Å². The molecule has 3 nitrogen and oxygen atoms in total. The fourth-order valence-electron chi connectivity index (χ4n) is 3.28. The number of likely N-dealkylation sites (tertiary alicyclic amines) is 1. The van der Waals surface area contributed by atoms with Gasteiger partial charge in [0, 0.05) is 18.0 Å². The minimum atomic E-state index is 0.186. The van der Waals surface area contributed by atoms with Crippen LogP contribution >= 0.6 is 11.6 Å². The minimum absolute atomic E-state index is 0.186. The Kier molecular flexibility index (Phi) is 5.41. The van der Waals surface area contributed by atoms with Gasteiger partial charge < -0.3 is 9.64 Å². The third-order valence-corrected chi connectivity index (χ3v) is 4.87. The van der Waals surface area contributed by atoms with Crippen LogP contribution in [0, 0.1) is 0 Å². The summed E-state index contributed by atoms with van der Waals surface area (Å²) in [6, 6.07) is 16.0. The maximum atomic E-state index is 12.7. The van der Waals surface area contributed by atoms with Crippen LogP contribution in [0.25, 0.3) is 0 Å². The van der Waals surface area contributed by atoms with Crippen molar-refractivity contribution in [3.63, 3.8) is 0 Å². The van der Waals surface area contributed by atoms with Crippen molar-refractivity contribution in [2.24, 2.45) is 0 Å². The molecule has 2 aromatic carbocycles. The molecule has 0 radical (unpaired) electrons. The predicted octanol–water partition coefficient (Wildman–Crippen LogP) is 4.64. The Morgan fingerprint density at radius 1 is 1.17 bits per heavy atom. The second-order valence-corrected chi connectivity index (χ2v) is 6.58. The van der Waals surface area contributed by atoms with E-state index in [1.54, 1.807) is 7.11 Å². The Morgan fingerprint density at radius 3 is 2.54 bits per heavy atom. The molecule has 1 atom stereocenters. The molecule has 126 valence electrons. The molecule has 2 aromatic rings. The fraction of sp³-hybridized carbons (Fsp3) is 0.350. The number of amides is 1. The van der Waals surface area contributed by atoms with Crippen LogP contribution in [-0.2, 0) is 11.2 Å². The van der Waals surface area contributed by atoms with E-state index in [9.17, 15) is 4.79 Å². The lowest BCUT2D eigenvalue weighted by molar-refractivity contribution is -0.132. The molecule has 0 aromatic heterocycles. The first-order valence-corrected chi connectivity index (χ1v) is 8.73. The van der Waals surface area contributed by atoms with Crippen LogP contribution in [0.2, 0.25) is 5.02 Å². The van der Waals surface area contributed by atoms with E-state index in [0.717, 1.165) is 42.1 Å². The molecule has 1 heterocycles. The summed E-state index contributed by atoms with van der Waals surface area (Å²) in [5, 5.41) is 0.731. The van der Waals surface area contributed by atoms with E-state index in [1.165, 1.54) is 5.56 Å². The topological polar surface area (TPSA) is 29.5 Å². The monoisotopic (exact) mass is 343 g/mol. The standard InChI is InChI=1S/C20H22ClNO2/c1-24-18-11-4-15(5-12-18)6-13-20(23)22-14-2-3-19(22)16-7-9-17(21)10-8-16/h4-5,7-12,19H,2-3,6,13-14H2,1H3. The highest BCUT2D eigenvalue weighted by Crippen LogP contribution is 2.33. The van der Waals surface area contributed by atoms with Gasteiger partial charge in [0.2, 0.25) is 5.91 Å². The number of methoxy groups -OCH3 is 1. The van der Waals surface area contributed by atoms with E-state index in [-0.39, 0.29) is 11.9 Å². The van der Waals surface area contributed by atoms with Gasteiger partial charge in [-0.1, -0.05) is 35.9 Å². The van der Waals surface area contributed by atoms with Crippen LogP contribution in [0.15, 0.2) is 48.5 Å². The highest BCUT2D eigenvalue weighted by molar-refractivity contribution is 6.30. The van der Waals surface area contributed by atoms with Crippen molar-refractivity contribution in [3.8, 4) is 5.75 Å². The molecule has 0 saturated carbocycles. The summed E-state index contributed by atoms with van der Waals surface area (Å²) in [7, 11) is 1.66. The van der Waals surface area contributed by atoms with Crippen molar-refractivity contribution >= 4 is 17.5 Å². The molecular formula is C20H22ClNO2. The molecular weight excluding hydrogens is 322 g/mol. The lowest BCUT2D eigenvalue weighted by Crippen LogP contribution is -2.30. The summed E-state index contributed by atoms with van der Waals surface area (Å²) >= 11 is 5.97. The second kappa shape index (κ2) is 7.71. The molecule has 1 aliphatic rings. The molecule has 0 N–H and O–H groups in total. The zero-order valence-electron chi connectivity index (χ0n) is 13.9. The van der Waals surface area contributed by atoms with Crippen LogP contribution in [0.5, 0.6) is 5.75 Å². The summed E-state index contributed by atoms with van der Waals surface area (Å²) in [6.45, 7) is 0.842. The number of benzene rings is 2. The van der Waals surface area contributed by atoms with Gasteiger partial charge in [-0.2, -0.15) is 0 Å². The summed E-state index contributed by atoms with van der Waals surface area (Å²) < 4.78 is 5.16. The van der Waals surface area contributed by atoms with E-state index >= 15 is 0 Å². The van der Waals surface area contributed by atoms with Crippen molar-refractivity contribution in [2.45, 2.75) is 31.7 Å². The molecule has 4 heteroatoms. The number of rotatable bonds is 5. The van der Waals surface area contributed by atoms with E-state index in [2.05, 4.69) is 0 Å². The van der Waals surface area contributed by atoms with Crippen LogP contribution in [0.3, 0.4) is 0 Å². The smallest absolute Gasteiger partial charge is 0.223 e. The number of carbonyl (C=O) groups excluding carboxylic acids is 1. The second-order valence-electron chi connectivity index (χ2n) is 6.14. The highest BCUT2D eigenvalue weighted by Gasteiger charge is 2.29. The maximum absolute atomic E-state index is 12.7. The molecule has 1 amide bonds. The molecule has 1 unspecified atom stereocenters. The average Bonchev–Trinajstić information content (AvgIpc) is 3.10. The minimum Gasteiger partial charge on any atom is -0.497 e. The van der Waals surface area contributed by atoms with Crippen LogP contribution in [-0.4, -0.2) is 24.5 Å². The van der Waals surface area contributed by atoms with Crippen LogP contribution < -0.4 is 4.74 Å². The first-order chi connectivity index (χ1) is 11.7. The Hall–Kier alpha value is -2.00. The van der Waals surface area contributed by atoms with E-state index in [4.69, 9.17) is 16.3 Å². The fourth-order valence-corrected chi connectivity index (χ4v) is 3.41. The van der Waals surface area contributed by atoms with Crippen molar-refractivity contribution in [1.82, 2.24) is 4.90 Å². The maximum Gasteiger partial charge on any atom is 0.223 e. The van der Waals surface area contributed by atoms with Crippen LogP contribution in [0.4, 0.5) is 0 Å². The summed E-state index contributed by atoms with van der Waals surface area (Å²) in [5.74, 6) is 1.07. The highest BCUT2D eigenvalue weighted by atomic mass is 35.5. The number of hydrogen-bond donors (Lipinski definition) is 0. The van der Waals surface area contributed by atoms with Gasteiger partial charge in [0.25, 0.3) is 0 Å². The Bertz CT molecular complexity index is 682. The van der Waals surface area contributed by atoms with Crippen molar-refractivity contribution in [1.29, 1.82) is 0 Å². The summed E-state index contributed by atoms with van der Waals surface area (Å²) in [5.41, 5.74) is 2.33. The third-order valence-electron chi connectivity index (χ3n) is 4.61. The Morgan fingerprint density at radius 2 is 1.88 bits per heavy atom. The number of carbonyl (C=O) groups is 1. The molecule has 24 heavy (non-hydrogen) atoms. The number of aryl methyl sites for hydroxylation is 1. The van der Waals surface area contributed by atoms with Gasteiger partial charge in [0.15, 0.2) is 0 Å². The Labute approximate surface area is 148 Å². The average molecular weight is 344 g/mol. The first kappa shape index (κ1) is 16.8. The van der Waals surface area contributed by atoms with Gasteiger partial charge in [-0.3, -0.25) is 4.79 Å². The van der Waals surface area contributed by atoms with Gasteiger partial charge in [-0.05, 0) is 54.7 Å². The molecule has 1 aliphatic heterocycles. The lowest BCUT2D eigenvalue weighted by atomic mass is 10.0. The normalized spacial score (nSPS) is 17.1. The van der Waals surface area contributed by atoms with Gasteiger partial charge in [0.1, 0.15) is 5.75 Å². The number of nitrogens with zero attached hydrogens (tertiary/aromatic N) is 1. The van der Waals surface area contributed by atoms with Crippen LogP contribution in [0.1, 0.15) is 36.4 Å². The summed E-state index contributed by atoms with van der Waals surface area (Å²) in [6.07, 6.45) is 3.38. The van der Waals surface area contributed by atoms with Gasteiger partial charge in [-0.25, -0.2) is 0 Å². The van der Waals surface area contributed by atoms with Gasteiger partial charge in [-0.15, -0.1) is 0 Å². The van der Waals surface area contributed by atoms with Crippen molar-refractivity contribution < 1.29 is 9.53 Å². The summed E-state index contributed by atoms with van der Waals surface area (Å²) in [4.78, 5) is 14.7. The van der Waals surface area contributed by atoms with E-state index < -0.39 is 0 Å². The lowest BCUT2D eigenvalue weighted by Gasteiger charge is -2.25. The zero-order valence-corrected chi connectivity index (χ0v) is 14.6. The first-order valence-electron chi connectivity index (χ1n) is 8.35. The molecule has 0 bridgehead atoms. The van der Waals surface area contributed by atoms with Crippen molar-refractivity contribution in [3.05, 3.63) is 64.7 Å². The largest absolute Gasteiger partial charge is 0.497 e. The number of ether oxygens (including phenoxy) is 1. The molecule has 1 saturated heterocycles. The molecule has 0 aliphatic carbocycles. The van der Waals surface area contributed by atoms with E-state index in [0.29, 0.717) is 6.42 Å². The number of halogens is 1. The quantitative estimate of drug-likeness (QED) is 0.791. The SMILES string of the molecule is COc1ccc(CCC(=O)N2CCCC2c2ccc(Cl)cc2)cc1. The Balaban J connectivity index is 1.61. The molecule has 0 spiro atoms.